The topological polar surface area (TPSA) is 49.9 Å². The molecule has 1 saturated heterocycles. The SMILES string of the molecule is CCC(C)(CC(C)C(=O)N1CCN(C(=O)I)CC1)OC. The number of carbonyl (C=O) groups excluding carboxylic acids is 2. The van der Waals surface area contributed by atoms with Gasteiger partial charge in [0, 0.05) is 61.8 Å². The first-order valence-corrected chi connectivity index (χ1v) is 8.19. The van der Waals surface area contributed by atoms with E-state index in [9.17, 15) is 9.59 Å². The minimum atomic E-state index is -0.241. The van der Waals surface area contributed by atoms with Crippen molar-refractivity contribution in [3.05, 3.63) is 0 Å². The molecule has 0 aliphatic carbocycles. The second kappa shape index (κ2) is 7.59. The Kier molecular flexibility index (Phi) is 6.71. The average molecular weight is 396 g/mol. The van der Waals surface area contributed by atoms with Crippen LogP contribution in [0.25, 0.3) is 0 Å². The molecule has 6 heteroatoms. The van der Waals surface area contributed by atoms with Crippen LogP contribution in [0.4, 0.5) is 4.79 Å². The second-order valence-corrected chi connectivity index (χ2v) is 6.60. The quantitative estimate of drug-likeness (QED) is 0.408. The summed E-state index contributed by atoms with van der Waals surface area (Å²) in [5.74, 6) is 0.115. The third-order valence-electron chi connectivity index (χ3n) is 4.24. The van der Waals surface area contributed by atoms with Crippen LogP contribution in [0.15, 0.2) is 0 Å². The highest BCUT2D eigenvalue weighted by Gasteiger charge is 2.31. The zero-order chi connectivity index (χ0) is 15.3. The molecule has 1 heterocycles. The summed E-state index contributed by atoms with van der Waals surface area (Å²) < 4.78 is 5.58. The number of rotatable bonds is 5. The number of halogens is 1. The van der Waals surface area contributed by atoms with E-state index in [0.29, 0.717) is 26.2 Å². The summed E-state index contributed by atoms with van der Waals surface area (Å²) in [6.07, 6.45) is 1.61. The Morgan fingerprint density at radius 1 is 1.25 bits per heavy atom. The number of hydrogen-bond donors (Lipinski definition) is 0. The van der Waals surface area contributed by atoms with Gasteiger partial charge in [-0.2, -0.15) is 0 Å². The molecule has 0 saturated carbocycles. The van der Waals surface area contributed by atoms with Crippen molar-refractivity contribution < 1.29 is 14.3 Å². The molecule has 0 aromatic rings. The molecule has 0 bridgehead atoms. The number of amides is 2. The summed E-state index contributed by atoms with van der Waals surface area (Å²) in [5, 5.41) is 0. The molecule has 116 valence electrons. The molecule has 0 aromatic heterocycles. The standard InChI is InChI=1S/C14H25IN2O3/c1-5-14(3,20-4)10-11(2)12(18)16-6-8-17(9-7-16)13(15)19/h11H,5-10H2,1-4H3. The van der Waals surface area contributed by atoms with E-state index >= 15 is 0 Å². The van der Waals surface area contributed by atoms with E-state index in [-0.39, 0.29) is 21.3 Å². The van der Waals surface area contributed by atoms with Gasteiger partial charge in [0.15, 0.2) is 0 Å². The maximum Gasteiger partial charge on any atom is 0.283 e. The van der Waals surface area contributed by atoms with Crippen LogP contribution in [0.5, 0.6) is 0 Å². The Labute approximate surface area is 135 Å². The molecule has 0 radical (unpaired) electrons. The van der Waals surface area contributed by atoms with Gasteiger partial charge in [-0.05, 0) is 19.8 Å². The molecule has 5 nitrogen and oxygen atoms in total. The zero-order valence-electron chi connectivity index (χ0n) is 12.8. The van der Waals surface area contributed by atoms with Gasteiger partial charge in [0.05, 0.1) is 5.60 Å². The predicted molar refractivity (Wildman–Crippen MR) is 87.1 cm³/mol. The van der Waals surface area contributed by atoms with Crippen molar-refractivity contribution in [3.63, 3.8) is 0 Å². The van der Waals surface area contributed by atoms with Crippen molar-refractivity contribution in [1.82, 2.24) is 9.80 Å². The highest BCUT2D eigenvalue weighted by atomic mass is 127. The molecule has 1 fully saturated rings. The molecule has 0 spiro atoms. The smallest absolute Gasteiger partial charge is 0.283 e. The van der Waals surface area contributed by atoms with Crippen molar-refractivity contribution in [2.45, 2.75) is 39.2 Å². The normalized spacial score (nSPS) is 20.4. The summed E-state index contributed by atoms with van der Waals surface area (Å²) >= 11 is 1.79. The van der Waals surface area contributed by atoms with Gasteiger partial charge in [0.1, 0.15) is 0 Å². The van der Waals surface area contributed by atoms with Gasteiger partial charge >= 0.3 is 0 Å². The minimum Gasteiger partial charge on any atom is -0.379 e. The van der Waals surface area contributed by atoms with Crippen LogP contribution in [0.3, 0.4) is 0 Å². The summed E-state index contributed by atoms with van der Waals surface area (Å²) in [6, 6.07) is 0. The number of nitrogens with zero attached hydrogens (tertiary/aromatic N) is 2. The fourth-order valence-electron chi connectivity index (χ4n) is 2.52. The van der Waals surface area contributed by atoms with E-state index in [4.69, 9.17) is 4.74 Å². The van der Waals surface area contributed by atoms with Gasteiger partial charge in [0.2, 0.25) is 5.91 Å². The van der Waals surface area contributed by atoms with Crippen LogP contribution in [-0.2, 0) is 9.53 Å². The van der Waals surface area contributed by atoms with Crippen molar-refractivity contribution in [3.8, 4) is 0 Å². The highest BCUT2D eigenvalue weighted by molar-refractivity contribution is 14.1. The Morgan fingerprint density at radius 3 is 2.15 bits per heavy atom. The van der Waals surface area contributed by atoms with E-state index in [1.54, 1.807) is 34.6 Å². The van der Waals surface area contributed by atoms with E-state index in [0.717, 1.165) is 12.8 Å². The fraction of sp³-hybridized carbons (Fsp3) is 0.857. The number of piperazine rings is 1. The highest BCUT2D eigenvalue weighted by Crippen LogP contribution is 2.25. The predicted octanol–water partition coefficient (Wildman–Crippen LogP) is 2.53. The van der Waals surface area contributed by atoms with E-state index in [1.807, 2.05) is 18.7 Å². The van der Waals surface area contributed by atoms with Crippen LogP contribution in [0.2, 0.25) is 0 Å². The van der Waals surface area contributed by atoms with E-state index in [2.05, 4.69) is 6.92 Å². The Bertz CT molecular complexity index is 350. The zero-order valence-corrected chi connectivity index (χ0v) is 15.0. The maximum absolute atomic E-state index is 12.4. The van der Waals surface area contributed by atoms with Gasteiger partial charge < -0.3 is 14.5 Å². The average Bonchev–Trinajstić information content (AvgIpc) is 2.46. The van der Waals surface area contributed by atoms with E-state index < -0.39 is 0 Å². The first-order valence-electron chi connectivity index (χ1n) is 7.11. The fourth-order valence-corrected chi connectivity index (χ4v) is 3.00. The summed E-state index contributed by atoms with van der Waals surface area (Å²) in [6.45, 7) is 8.62. The van der Waals surface area contributed by atoms with Gasteiger partial charge in [-0.3, -0.25) is 9.59 Å². The summed E-state index contributed by atoms with van der Waals surface area (Å²) in [5.41, 5.74) is -0.241. The molecule has 0 N–H and O–H groups in total. The maximum atomic E-state index is 12.4. The molecule has 2 unspecified atom stereocenters. The number of hydrogen-bond acceptors (Lipinski definition) is 3. The Balaban J connectivity index is 2.52. The lowest BCUT2D eigenvalue weighted by molar-refractivity contribution is -0.139. The molecule has 2 atom stereocenters. The largest absolute Gasteiger partial charge is 0.379 e. The van der Waals surface area contributed by atoms with E-state index in [1.165, 1.54) is 0 Å². The van der Waals surface area contributed by atoms with Crippen molar-refractivity contribution in [2.24, 2.45) is 5.92 Å². The lowest BCUT2D eigenvalue weighted by atomic mass is 9.89. The third kappa shape index (κ3) is 4.58. The minimum absolute atomic E-state index is 0.0539. The van der Waals surface area contributed by atoms with Crippen LogP contribution in [-0.4, -0.2) is 58.5 Å². The molecule has 1 aliphatic rings. The van der Waals surface area contributed by atoms with Crippen LogP contribution in [0, 0.1) is 5.92 Å². The van der Waals surface area contributed by atoms with Crippen LogP contribution >= 0.6 is 22.6 Å². The molecular weight excluding hydrogens is 371 g/mol. The molecule has 2 amide bonds. The van der Waals surface area contributed by atoms with Crippen molar-refractivity contribution in [1.29, 1.82) is 0 Å². The third-order valence-corrected chi connectivity index (χ3v) is 4.92. The molecule has 1 rings (SSSR count). The first kappa shape index (κ1) is 17.7. The summed E-state index contributed by atoms with van der Waals surface area (Å²) in [7, 11) is 1.70. The number of carbonyl (C=O) groups is 2. The van der Waals surface area contributed by atoms with Gasteiger partial charge in [0.25, 0.3) is 3.91 Å². The lowest BCUT2D eigenvalue weighted by Crippen LogP contribution is -2.51. The number of methoxy groups -OCH3 is 1. The first-order chi connectivity index (χ1) is 9.33. The van der Waals surface area contributed by atoms with Crippen LogP contribution < -0.4 is 0 Å². The molecule has 0 aromatic carbocycles. The van der Waals surface area contributed by atoms with Gasteiger partial charge in [-0.1, -0.05) is 13.8 Å². The van der Waals surface area contributed by atoms with Crippen LogP contribution in [0.1, 0.15) is 33.6 Å². The second-order valence-electron chi connectivity index (χ2n) is 5.68. The molecule has 20 heavy (non-hydrogen) atoms. The van der Waals surface area contributed by atoms with Crippen molar-refractivity contribution >= 4 is 32.4 Å². The molecule has 1 aliphatic heterocycles. The Hall–Kier alpha value is -0.370. The Morgan fingerprint density at radius 2 is 1.75 bits per heavy atom. The monoisotopic (exact) mass is 396 g/mol. The molecular formula is C14H25IN2O3. The summed E-state index contributed by atoms with van der Waals surface area (Å²) in [4.78, 5) is 27.4. The van der Waals surface area contributed by atoms with Crippen molar-refractivity contribution in [2.75, 3.05) is 33.3 Å². The van der Waals surface area contributed by atoms with Gasteiger partial charge in [-0.15, -0.1) is 0 Å². The number of ether oxygens (including phenoxy) is 1. The van der Waals surface area contributed by atoms with Gasteiger partial charge in [-0.25, -0.2) is 0 Å². The lowest BCUT2D eigenvalue weighted by Gasteiger charge is -2.36.